The van der Waals surface area contributed by atoms with Crippen molar-refractivity contribution in [2.45, 2.75) is 57.4 Å². The van der Waals surface area contributed by atoms with Crippen molar-refractivity contribution in [3.63, 3.8) is 0 Å². The lowest BCUT2D eigenvalue weighted by Gasteiger charge is -2.39. The van der Waals surface area contributed by atoms with Crippen molar-refractivity contribution in [1.82, 2.24) is 0 Å². The molecule has 1 spiro atoms. The Labute approximate surface area is 165 Å². The maximum absolute atomic E-state index is 13.8. The molecule has 2 aromatic rings. The molecule has 2 aromatic carbocycles. The number of Topliss-reactive ketones (excluding diaryl/α,β-unsaturated/α-hetero) is 1. The van der Waals surface area contributed by atoms with E-state index in [2.05, 4.69) is 6.07 Å². The number of para-hydroxylation sites is 1. The summed E-state index contributed by atoms with van der Waals surface area (Å²) >= 11 is 0. The van der Waals surface area contributed by atoms with Gasteiger partial charge in [0.1, 0.15) is 11.5 Å². The Morgan fingerprint density at radius 1 is 1.04 bits per heavy atom. The third-order valence-electron chi connectivity index (χ3n) is 6.25. The van der Waals surface area contributed by atoms with Crippen molar-refractivity contribution in [2.24, 2.45) is 0 Å². The molecule has 1 aliphatic heterocycles. The topological polar surface area (TPSA) is 61.2 Å². The van der Waals surface area contributed by atoms with Crippen molar-refractivity contribution >= 4 is 17.4 Å². The van der Waals surface area contributed by atoms with Crippen LogP contribution in [0.15, 0.2) is 42.5 Å². The van der Waals surface area contributed by atoms with E-state index < -0.39 is 11.5 Å². The van der Waals surface area contributed by atoms with Gasteiger partial charge in [0.15, 0.2) is 5.78 Å². The third-order valence-corrected chi connectivity index (χ3v) is 6.25. The molecule has 0 N–H and O–H groups in total. The summed E-state index contributed by atoms with van der Waals surface area (Å²) in [5.74, 6) is -1.13. The second kappa shape index (κ2) is 6.91. The molecule has 1 atom stereocenters. The summed E-state index contributed by atoms with van der Waals surface area (Å²) in [4.78, 5) is 29.3. The average Bonchev–Trinajstić information content (AvgIpc) is 2.89. The van der Waals surface area contributed by atoms with Gasteiger partial charge in [0.25, 0.3) is 0 Å². The summed E-state index contributed by atoms with van der Waals surface area (Å²) < 4.78 is 0. The molecular weight excluding hydrogens is 348 g/mol. The van der Waals surface area contributed by atoms with Crippen molar-refractivity contribution in [2.75, 3.05) is 4.90 Å². The van der Waals surface area contributed by atoms with E-state index in [0.717, 1.165) is 36.1 Å². The van der Waals surface area contributed by atoms with Gasteiger partial charge in [-0.2, -0.15) is 5.26 Å². The first-order valence-corrected chi connectivity index (χ1v) is 9.94. The van der Waals surface area contributed by atoms with Gasteiger partial charge in [0.2, 0.25) is 5.91 Å². The monoisotopic (exact) mass is 372 g/mol. The summed E-state index contributed by atoms with van der Waals surface area (Å²) in [6.45, 7) is 3.82. The first-order valence-electron chi connectivity index (χ1n) is 9.94. The minimum atomic E-state index is -0.895. The maximum Gasteiger partial charge on any atom is 0.243 e. The van der Waals surface area contributed by atoms with Crippen LogP contribution in [-0.2, 0) is 9.59 Å². The number of rotatable bonds is 2. The Bertz CT molecular complexity index is 982. The molecule has 1 saturated carbocycles. The molecule has 1 heterocycles. The van der Waals surface area contributed by atoms with Gasteiger partial charge in [-0.1, -0.05) is 43.5 Å². The number of ketones is 1. The van der Waals surface area contributed by atoms with Gasteiger partial charge in [-0.3, -0.25) is 14.5 Å². The summed E-state index contributed by atoms with van der Waals surface area (Å²) in [6, 6.07) is 15.5. The van der Waals surface area contributed by atoms with Crippen LogP contribution in [0.2, 0.25) is 0 Å². The minimum Gasteiger partial charge on any atom is -0.298 e. The summed E-state index contributed by atoms with van der Waals surface area (Å²) in [6.07, 6.45) is 4.34. The summed E-state index contributed by atoms with van der Waals surface area (Å²) in [5.41, 5.74) is 2.81. The molecule has 4 rings (SSSR count). The smallest absolute Gasteiger partial charge is 0.243 e. The maximum atomic E-state index is 13.8. The summed E-state index contributed by atoms with van der Waals surface area (Å²) in [7, 11) is 0. The molecule has 142 valence electrons. The van der Waals surface area contributed by atoms with E-state index >= 15 is 0 Å². The van der Waals surface area contributed by atoms with E-state index in [4.69, 9.17) is 0 Å². The number of anilines is 1. The Balaban J connectivity index is 1.91. The molecule has 2 fully saturated rings. The first-order chi connectivity index (χ1) is 13.5. The van der Waals surface area contributed by atoms with Gasteiger partial charge in [-0.25, -0.2) is 0 Å². The Hall–Kier alpha value is -2.93. The highest BCUT2D eigenvalue weighted by molar-refractivity contribution is 6.25. The molecule has 0 bridgehead atoms. The lowest BCUT2D eigenvalue weighted by molar-refractivity contribution is -0.125. The highest BCUT2D eigenvalue weighted by Crippen LogP contribution is 2.48. The molecule has 0 aromatic heterocycles. The van der Waals surface area contributed by atoms with Crippen LogP contribution < -0.4 is 4.90 Å². The molecule has 1 amide bonds. The first kappa shape index (κ1) is 18.4. The fourth-order valence-electron chi connectivity index (χ4n) is 5.10. The van der Waals surface area contributed by atoms with Gasteiger partial charge in [0, 0.05) is 5.69 Å². The molecule has 4 nitrogen and oxygen atoms in total. The minimum absolute atomic E-state index is 0.0375. The van der Waals surface area contributed by atoms with Crippen molar-refractivity contribution in [3.05, 3.63) is 64.7 Å². The van der Waals surface area contributed by atoms with E-state index in [9.17, 15) is 14.9 Å². The fraction of sp³-hybridized carbons (Fsp3) is 0.375. The fourth-order valence-corrected chi connectivity index (χ4v) is 5.10. The van der Waals surface area contributed by atoms with Gasteiger partial charge in [0.05, 0.1) is 11.6 Å². The van der Waals surface area contributed by atoms with Crippen molar-refractivity contribution < 1.29 is 9.59 Å². The SMILES string of the molecule is Cc1cc(C)c(C2C(=O)N(c3ccccc3)C3(CCCCC3)C2=O)c(C#N)c1. The number of carbonyl (C=O) groups excluding carboxylic acids is 2. The van der Waals surface area contributed by atoms with Crippen LogP contribution in [0.25, 0.3) is 0 Å². The van der Waals surface area contributed by atoms with Crippen LogP contribution in [0.3, 0.4) is 0 Å². The van der Waals surface area contributed by atoms with Crippen LogP contribution in [-0.4, -0.2) is 17.2 Å². The van der Waals surface area contributed by atoms with E-state index in [1.54, 1.807) is 11.0 Å². The lowest BCUT2D eigenvalue weighted by atomic mass is 9.75. The van der Waals surface area contributed by atoms with E-state index in [0.29, 0.717) is 24.0 Å². The number of carbonyl (C=O) groups is 2. The molecule has 0 radical (unpaired) electrons. The molecule has 4 heteroatoms. The number of nitriles is 1. The largest absolute Gasteiger partial charge is 0.298 e. The molecular formula is C24H24N2O2. The number of nitrogens with zero attached hydrogens (tertiary/aromatic N) is 2. The van der Waals surface area contributed by atoms with Gasteiger partial charge in [-0.05, 0) is 61.6 Å². The number of benzene rings is 2. The molecule has 1 unspecified atom stereocenters. The predicted octanol–water partition coefficient (Wildman–Crippen LogP) is 4.58. The quantitative estimate of drug-likeness (QED) is 0.725. The highest BCUT2D eigenvalue weighted by atomic mass is 16.2. The zero-order chi connectivity index (χ0) is 19.9. The molecule has 2 aliphatic rings. The Morgan fingerprint density at radius 3 is 2.36 bits per heavy atom. The third kappa shape index (κ3) is 2.65. The highest BCUT2D eigenvalue weighted by Gasteiger charge is 2.59. The van der Waals surface area contributed by atoms with Crippen LogP contribution in [0, 0.1) is 25.2 Å². The number of hydrogen-bond acceptors (Lipinski definition) is 3. The zero-order valence-corrected chi connectivity index (χ0v) is 16.4. The predicted molar refractivity (Wildman–Crippen MR) is 108 cm³/mol. The number of aryl methyl sites for hydroxylation is 2. The molecule has 28 heavy (non-hydrogen) atoms. The summed E-state index contributed by atoms with van der Waals surface area (Å²) in [5, 5.41) is 9.70. The van der Waals surface area contributed by atoms with E-state index in [1.807, 2.05) is 50.2 Å². The Kier molecular flexibility index (Phi) is 4.55. The van der Waals surface area contributed by atoms with Crippen LogP contribution in [0.4, 0.5) is 5.69 Å². The van der Waals surface area contributed by atoms with Gasteiger partial charge < -0.3 is 0 Å². The van der Waals surface area contributed by atoms with Crippen LogP contribution >= 0.6 is 0 Å². The van der Waals surface area contributed by atoms with Crippen molar-refractivity contribution in [3.8, 4) is 6.07 Å². The van der Waals surface area contributed by atoms with Crippen molar-refractivity contribution in [1.29, 1.82) is 5.26 Å². The second-order valence-electron chi connectivity index (χ2n) is 8.05. The van der Waals surface area contributed by atoms with E-state index in [1.165, 1.54) is 0 Å². The number of hydrogen-bond donors (Lipinski definition) is 0. The standard InChI is InChI=1S/C24H24N2O2/c1-16-13-17(2)20(18(14-16)15-25)21-22(27)24(11-7-4-8-12-24)26(23(21)28)19-9-5-3-6-10-19/h3,5-6,9-10,13-14,21H,4,7-8,11-12H2,1-2H3. The van der Waals surface area contributed by atoms with Crippen LogP contribution in [0.5, 0.6) is 0 Å². The van der Waals surface area contributed by atoms with Crippen LogP contribution in [0.1, 0.15) is 60.3 Å². The van der Waals surface area contributed by atoms with Gasteiger partial charge in [-0.15, -0.1) is 0 Å². The normalized spacial score (nSPS) is 21.2. The van der Waals surface area contributed by atoms with Gasteiger partial charge >= 0.3 is 0 Å². The molecule has 1 aliphatic carbocycles. The zero-order valence-electron chi connectivity index (χ0n) is 16.4. The average molecular weight is 372 g/mol. The lowest BCUT2D eigenvalue weighted by Crippen LogP contribution is -2.51. The Morgan fingerprint density at radius 2 is 1.71 bits per heavy atom. The molecule has 1 saturated heterocycles. The van der Waals surface area contributed by atoms with E-state index in [-0.39, 0.29) is 11.7 Å². The second-order valence-corrected chi connectivity index (χ2v) is 8.05. The number of amides is 1.